The topological polar surface area (TPSA) is 38.8 Å². The summed E-state index contributed by atoms with van der Waals surface area (Å²) in [5.74, 6) is 0. The Balaban J connectivity index is 1.83. The van der Waals surface area contributed by atoms with Crippen LogP contribution in [-0.4, -0.2) is 41.9 Å². The Morgan fingerprint density at radius 3 is 2.48 bits per heavy atom. The minimum absolute atomic E-state index is 0.0226. The van der Waals surface area contributed by atoms with Crippen LogP contribution in [0.5, 0.6) is 0 Å². The van der Waals surface area contributed by atoms with Crippen molar-refractivity contribution in [2.24, 2.45) is 0 Å². The third-order valence-corrected chi connectivity index (χ3v) is 4.55. The minimum Gasteiger partial charge on any atom is -0.444 e. The van der Waals surface area contributed by atoms with Crippen molar-refractivity contribution in [1.29, 1.82) is 0 Å². The lowest BCUT2D eigenvalue weighted by atomic mass is 9.89. The molecule has 2 aliphatic heterocycles. The molecule has 2 atom stereocenters. The van der Waals surface area contributed by atoms with Gasteiger partial charge in [-0.25, -0.2) is 4.79 Å². The van der Waals surface area contributed by atoms with E-state index < -0.39 is 5.60 Å². The lowest BCUT2D eigenvalue weighted by Crippen LogP contribution is -2.57. The minimum atomic E-state index is -0.491. The number of nitrogens with zero attached hydrogens (tertiary/aromatic N) is 1. The molecule has 2 unspecified atom stereocenters. The second-order valence-corrected chi connectivity index (χ2v) is 7.90. The van der Waals surface area contributed by atoms with Crippen LogP contribution in [0.15, 0.2) is 36.9 Å². The van der Waals surface area contributed by atoms with Gasteiger partial charge in [0.05, 0.1) is 25.3 Å². The zero-order valence-corrected chi connectivity index (χ0v) is 15.5. The van der Waals surface area contributed by atoms with E-state index in [0.29, 0.717) is 13.2 Å². The van der Waals surface area contributed by atoms with Gasteiger partial charge in [0, 0.05) is 0 Å². The molecule has 0 radical (unpaired) electrons. The summed E-state index contributed by atoms with van der Waals surface area (Å²) in [5.41, 5.74) is 4.19. The van der Waals surface area contributed by atoms with Crippen LogP contribution in [0.3, 0.4) is 0 Å². The Labute approximate surface area is 150 Å². The molecule has 1 aromatic rings. The maximum Gasteiger partial charge on any atom is 0.411 e. The van der Waals surface area contributed by atoms with Gasteiger partial charge < -0.3 is 9.47 Å². The molecule has 3 rings (SSSR count). The molecule has 1 fully saturated rings. The summed E-state index contributed by atoms with van der Waals surface area (Å²) in [6.07, 6.45) is 2.68. The highest BCUT2D eigenvalue weighted by Gasteiger charge is 2.40. The third-order valence-electron chi connectivity index (χ3n) is 4.55. The Hall–Kier alpha value is -2.07. The number of carbonyl (C=O) groups is 1. The molecule has 4 nitrogen and oxygen atoms in total. The van der Waals surface area contributed by atoms with Gasteiger partial charge in [0.25, 0.3) is 0 Å². The first kappa shape index (κ1) is 17.7. The lowest BCUT2D eigenvalue weighted by Gasteiger charge is -2.44. The number of morpholine rings is 1. The number of amides is 1. The molecular formula is C21H27NO3. The van der Waals surface area contributed by atoms with E-state index in [1.807, 2.05) is 32.6 Å². The van der Waals surface area contributed by atoms with Gasteiger partial charge in [0.1, 0.15) is 5.60 Å². The van der Waals surface area contributed by atoms with Crippen LogP contribution < -0.4 is 0 Å². The van der Waals surface area contributed by atoms with Crippen molar-refractivity contribution in [3.8, 4) is 0 Å². The van der Waals surface area contributed by atoms with Crippen LogP contribution in [-0.2, 0) is 9.47 Å². The molecule has 1 saturated heterocycles. The van der Waals surface area contributed by atoms with Gasteiger partial charge >= 0.3 is 6.09 Å². The fraction of sp³-hybridized carbons (Fsp3) is 0.476. The summed E-state index contributed by atoms with van der Waals surface area (Å²) in [7, 11) is 0. The molecule has 0 saturated carbocycles. The molecule has 0 aromatic heterocycles. The highest BCUT2D eigenvalue weighted by Crippen LogP contribution is 2.33. The van der Waals surface area contributed by atoms with Gasteiger partial charge in [-0.05, 0) is 50.8 Å². The van der Waals surface area contributed by atoms with Crippen molar-refractivity contribution in [3.63, 3.8) is 0 Å². The van der Waals surface area contributed by atoms with Crippen LogP contribution in [0.25, 0.3) is 11.1 Å². The smallest absolute Gasteiger partial charge is 0.411 e. The van der Waals surface area contributed by atoms with Crippen LogP contribution in [0, 0.1) is 0 Å². The predicted molar refractivity (Wildman–Crippen MR) is 100 cm³/mol. The van der Waals surface area contributed by atoms with E-state index >= 15 is 0 Å². The van der Waals surface area contributed by atoms with E-state index in [1.54, 1.807) is 0 Å². The van der Waals surface area contributed by atoms with Crippen LogP contribution >= 0.6 is 0 Å². The molecule has 134 valence electrons. The molecule has 2 heterocycles. The van der Waals surface area contributed by atoms with Crippen molar-refractivity contribution in [1.82, 2.24) is 4.90 Å². The van der Waals surface area contributed by atoms with E-state index in [0.717, 1.165) is 17.6 Å². The van der Waals surface area contributed by atoms with Crippen LogP contribution in [0.1, 0.15) is 45.2 Å². The zero-order valence-electron chi connectivity index (χ0n) is 15.5. The number of ether oxygens (including phenoxy) is 2. The Kier molecular flexibility index (Phi) is 4.74. The molecule has 1 aromatic carbocycles. The maximum absolute atomic E-state index is 12.6. The molecule has 2 aliphatic rings. The quantitative estimate of drug-likeness (QED) is 0.794. The first-order valence-corrected chi connectivity index (χ1v) is 8.80. The Morgan fingerprint density at radius 2 is 1.92 bits per heavy atom. The van der Waals surface area contributed by atoms with E-state index in [1.165, 1.54) is 11.1 Å². The molecule has 2 bridgehead atoms. The number of carbonyl (C=O) groups excluding carboxylic acids is 1. The van der Waals surface area contributed by atoms with Gasteiger partial charge in [-0.2, -0.15) is 0 Å². The van der Waals surface area contributed by atoms with E-state index in [-0.39, 0.29) is 18.2 Å². The predicted octanol–water partition coefficient (Wildman–Crippen LogP) is 4.51. The first-order valence-electron chi connectivity index (χ1n) is 8.80. The van der Waals surface area contributed by atoms with Crippen molar-refractivity contribution in [2.75, 3.05) is 13.2 Å². The average molecular weight is 341 g/mol. The van der Waals surface area contributed by atoms with Gasteiger partial charge in [0.2, 0.25) is 0 Å². The SMILES string of the molecule is C=C(C)c1ccc(C2=CC3COCC(C2)N3C(=O)OC(C)(C)C)cc1. The standard InChI is InChI=1S/C21H27NO3/c1-14(2)15-6-8-16(9-7-15)17-10-18-12-24-13-19(11-17)22(18)20(23)25-21(3,4)5/h6-10,18-19H,1,11-13H2,2-5H3. The van der Waals surface area contributed by atoms with Crippen molar-refractivity contribution in [2.45, 2.75) is 51.8 Å². The van der Waals surface area contributed by atoms with Gasteiger partial charge in [-0.15, -0.1) is 0 Å². The Morgan fingerprint density at radius 1 is 1.24 bits per heavy atom. The highest BCUT2D eigenvalue weighted by molar-refractivity contribution is 5.75. The monoisotopic (exact) mass is 341 g/mol. The number of hydrogen-bond donors (Lipinski definition) is 0. The van der Waals surface area contributed by atoms with Gasteiger partial charge in [0.15, 0.2) is 0 Å². The van der Waals surface area contributed by atoms with Crippen LogP contribution in [0.4, 0.5) is 4.79 Å². The average Bonchev–Trinajstić information content (AvgIpc) is 2.52. The summed E-state index contributed by atoms with van der Waals surface area (Å²) in [4.78, 5) is 14.4. The second-order valence-electron chi connectivity index (χ2n) is 7.90. The summed E-state index contributed by atoms with van der Waals surface area (Å²) < 4.78 is 11.3. The largest absolute Gasteiger partial charge is 0.444 e. The van der Waals surface area contributed by atoms with Crippen LogP contribution in [0.2, 0.25) is 0 Å². The number of fused-ring (bicyclic) bond motifs is 2. The third kappa shape index (κ3) is 3.96. The zero-order chi connectivity index (χ0) is 18.2. The molecular weight excluding hydrogens is 314 g/mol. The maximum atomic E-state index is 12.6. The molecule has 1 amide bonds. The summed E-state index contributed by atoms with van der Waals surface area (Å²) in [5, 5.41) is 0. The fourth-order valence-electron chi connectivity index (χ4n) is 3.38. The number of rotatable bonds is 2. The lowest BCUT2D eigenvalue weighted by molar-refractivity contribution is -0.0510. The van der Waals surface area contributed by atoms with Crippen molar-refractivity contribution >= 4 is 17.2 Å². The van der Waals surface area contributed by atoms with E-state index in [4.69, 9.17) is 9.47 Å². The van der Waals surface area contributed by atoms with E-state index in [9.17, 15) is 4.79 Å². The van der Waals surface area contributed by atoms with Crippen molar-refractivity contribution in [3.05, 3.63) is 48.0 Å². The van der Waals surface area contributed by atoms with Gasteiger partial charge in [-0.3, -0.25) is 4.90 Å². The molecule has 0 aliphatic carbocycles. The molecule has 0 spiro atoms. The van der Waals surface area contributed by atoms with Crippen molar-refractivity contribution < 1.29 is 14.3 Å². The first-order chi connectivity index (χ1) is 11.7. The van der Waals surface area contributed by atoms with Gasteiger partial charge in [-0.1, -0.05) is 42.5 Å². The summed E-state index contributed by atoms with van der Waals surface area (Å²) in [6.45, 7) is 12.7. The molecule has 25 heavy (non-hydrogen) atoms. The fourth-order valence-corrected chi connectivity index (χ4v) is 3.38. The normalized spacial score (nSPS) is 23.0. The second kappa shape index (κ2) is 6.68. The summed E-state index contributed by atoms with van der Waals surface area (Å²) >= 11 is 0. The number of benzene rings is 1. The van der Waals surface area contributed by atoms with E-state index in [2.05, 4.69) is 36.9 Å². The highest BCUT2D eigenvalue weighted by atomic mass is 16.6. The Bertz CT molecular complexity index is 697. The summed E-state index contributed by atoms with van der Waals surface area (Å²) in [6, 6.07) is 8.42. The molecule has 4 heteroatoms. The number of allylic oxidation sites excluding steroid dienone is 1. The number of hydrogen-bond acceptors (Lipinski definition) is 3. The molecule has 0 N–H and O–H groups in total.